The van der Waals surface area contributed by atoms with Crippen LogP contribution in [0, 0.1) is 13.8 Å². The molecule has 2 aromatic heterocycles. The number of nitrogens with zero attached hydrogens (tertiary/aromatic N) is 3. The predicted octanol–water partition coefficient (Wildman–Crippen LogP) is 3.12. The Morgan fingerprint density at radius 1 is 1.07 bits per heavy atom. The van der Waals surface area contributed by atoms with Crippen molar-refractivity contribution in [1.29, 1.82) is 0 Å². The molecule has 3 aromatic rings. The van der Waals surface area contributed by atoms with E-state index in [2.05, 4.69) is 10.4 Å². The van der Waals surface area contributed by atoms with Crippen LogP contribution in [0.4, 0.5) is 0 Å². The lowest BCUT2D eigenvalue weighted by Gasteiger charge is -2.32. The van der Waals surface area contributed by atoms with Gasteiger partial charge in [-0.3, -0.25) is 9.59 Å². The number of furan rings is 1. The quantitative estimate of drug-likeness (QED) is 0.740. The molecule has 29 heavy (non-hydrogen) atoms. The summed E-state index contributed by atoms with van der Waals surface area (Å²) in [6.45, 7) is 5.02. The molecule has 2 amide bonds. The van der Waals surface area contributed by atoms with Crippen LogP contribution in [0.3, 0.4) is 0 Å². The van der Waals surface area contributed by atoms with E-state index < -0.39 is 0 Å². The molecule has 1 aliphatic rings. The third-order valence-electron chi connectivity index (χ3n) is 5.17. The third-order valence-corrected chi connectivity index (χ3v) is 5.17. The molecule has 3 heterocycles. The molecule has 0 saturated carbocycles. The number of piperidine rings is 1. The van der Waals surface area contributed by atoms with Crippen LogP contribution in [0.5, 0.6) is 0 Å². The second-order valence-electron chi connectivity index (χ2n) is 7.46. The average Bonchev–Trinajstić information content (AvgIpc) is 3.36. The molecule has 0 bridgehead atoms. The summed E-state index contributed by atoms with van der Waals surface area (Å²) in [5.74, 6) is 0.852. The molecule has 0 atom stereocenters. The van der Waals surface area contributed by atoms with E-state index in [0.717, 1.165) is 24.1 Å². The van der Waals surface area contributed by atoms with E-state index in [1.165, 1.54) is 0 Å². The van der Waals surface area contributed by atoms with Crippen molar-refractivity contribution in [1.82, 2.24) is 20.0 Å². The largest absolute Gasteiger partial charge is 0.456 e. The zero-order chi connectivity index (χ0) is 20.4. The van der Waals surface area contributed by atoms with Crippen molar-refractivity contribution < 1.29 is 14.0 Å². The standard InChI is InChI=1S/C22H24N4O3/c1-15-13-23-26(14-15)19-6-4-17(5-7-19)22(28)25-11-9-18(10-12-25)24-21(27)20-8-3-16(2)29-20/h3-8,13-14,18H,9-12H2,1-2H3,(H,24,27). The smallest absolute Gasteiger partial charge is 0.287 e. The third kappa shape index (κ3) is 4.23. The molecule has 0 unspecified atom stereocenters. The molecule has 7 heteroatoms. The van der Waals surface area contributed by atoms with Gasteiger partial charge in [0.15, 0.2) is 5.76 Å². The fourth-order valence-corrected chi connectivity index (χ4v) is 3.53. The molecule has 0 radical (unpaired) electrons. The van der Waals surface area contributed by atoms with Gasteiger partial charge in [-0.05, 0) is 68.7 Å². The van der Waals surface area contributed by atoms with Gasteiger partial charge >= 0.3 is 0 Å². The van der Waals surface area contributed by atoms with Gasteiger partial charge in [-0.15, -0.1) is 0 Å². The Hall–Kier alpha value is -3.35. The van der Waals surface area contributed by atoms with Gasteiger partial charge in [-0.1, -0.05) is 0 Å². The zero-order valence-corrected chi connectivity index (χ0v) is 16.6. The van der Waals surface area contributed by atoms with Crippen LogP contribution in [0.1, 0.15) is 45.1 Å². The van der Waals surface area contributed by atoms with Crippen LogP contribution in [-0.4, -0.2) is 45.6 Å². The molecule has 7 nitrogen and oxygen atoms in total. The number of carbonyl (C=O) groups is 2. The molecule has 1 fully saturated rings. The first-order valence-electron chi connectivity index (χ1n) is 9.78. The van der Waals surface area contributed by atoms with Crippen molar-refractivity contribution in [2.45, 2.75) is 32.7 Å². The van der Waals surface area contributed by atoms with Gasteiger partial charge in [0.05, 0.1) is 11.9 Å². The van der Waals surface area contributed by atoms with E-state index in [4.69, 9.17) is 4.42 Å². The fraction of sp³-hybridized carbons (Fsp3) is 0.318. The Morgan fingerprint density at radius 2 is 1.79 bits per heavy atom. The highest BCUT2D eigenvalue weighted by Gasteiger charge is 2.25. The van der Waals surface area contributed by atoms with E-state index in [1.807, 2.05) is 49.2 Å². The molecule has 1 saturated heterocycles. The Morgan fingerprint density at radius 3 is 2.38 bits per heavy atom. The maximum absolute atomic E-state index is 12.8. The van der Waals surface area contributed by atoms with E-state index in [9.17, 15) is 9.59 Å². The monoisotopic (exact) mass is 392 g/mol. The van der Waals surface area contributed by atoms with Crippen LogP contribution in [0.2, 0.25) is 0 Å². The summed E-state index contributed by atoms with van der Waals surface area (Å²) in [6.07, 6.45) is 5.19. The number of hydrogen-bond acceptors (Lipinski definition) is 4. The summed E-state index contributed by atoms with van der Waals surface area (Å²) in [5, 5.41) is 7.28. The van der Waals surface area contributed by atoms with Gasteiger partial charge < -0.3 is 14.6 Å². The highest BCUT2D eigenvalue weighted by atomic mass is 16.3. The van der Waals surface area contributed by atoms with Crippen LogP contribution < -0.4 is 5.32 Å². The normalized spacial score (nSPS) is 14.8. The number of carbonyl (C=O) groups excluding carboxylic acids is 2. The number of rotatable bonds is 4. The van der Waals surface area contributed by atoms with Gasteiger partial charge in [0.2, 0.25) is 0 Å². The number of likely N-dealkylation sites (tertiary alicyclic amines) is 1. The highest BCUT2D eigenvalue weighted by Crippen LogP contribution is 2.17. The van der Waals surface area contributed by atoms with E-state index in [1.54, 1.807) is 23.0 Å². The SMILES string of the molecule is Cc1cnn(-c2ccc(C(=O)N3CCC(NC(=O)c4ccc(C)o4)CC3)cc2)c1. The number of amides is 2. The summed E-state index contributed by atoms with van der Waals surface area (Å²) in [5.41, 5.74) is 2.66. The first-order chi connectivity index (χ1) is 14.0. The van der Waals surface area contributed by atoms with Gasteiger partial charge in [0, 0.05) is 30.9 Å². The number of nitrogens with one attached hydrogen (secondary N) is 1. The summed E-state index contributed by atoms with van der Waals surface area (Å²) < 4.78 is 7.15. The van der Waals surface area contributed by atoms with Crippen molar-refractivity contribution >= 4 is 11.8 Å². The van der Waals surface area contributed by atoms with Crippen LogP contribution in [0.15, 0.2) is 53.2 Å². The second kappa shape index (κ2) is 7.95. The van der Waals surface area contributed by atoms with Gasteiger partial charge in [0.25, 0.3) is 11.8 Å². The van der Waals surface area contributed by atoms with Gasteiger partial charge in [0.1, 0.15) is 5.76 Å². The van der Waals surface area contributed by atoms with Crippen molar-refractivity contribution in [3.05, 3.63) is 71.4 Å². The number of aryl methyl sites for hydroxylation is 2. The lowest BCUT2D eigenvalue weighted by Crippen LogP contribution is -2.46. The van der Waals surface area contributed by atoms with Crippen molar-refractivity contribution in [3.8, 4) is 5.69 Å². The Balaban J connectivity index is 1.32. The van der Waals surface area contributed by atoms with Crippen LogP contribution in [0.25, 0.3) is 5.69 Å². The van der Waals surface area contributed by atoms with E-state index >= 15 is 0 Å². The summed E-state index contributed by atoms with van der Waals surface area (Å²) in [7, 11) is 0. The van der Waals surface area contributed by atoms with Gasteiger partial charge in [-0.25, -0.2) is 4.68 Å². The lowest BCUT2D eigenvalue weighted by atomic mass is 10.0. The molecule has 1 aliphatic heterocycles. The average molecular weight is 392 g/mol. The Bertz CT molecular complexity index is 1010. The summed E-state index contributed by atoms with van der Waals surface area (Å²) >= 11 is 0. The molecular formula is C22H24N4O3. The second-order valence-corrected chi connectivity index (χ2v) is 7.46. The minimum absolute atomic E-state index is 0.0135. The molecule has 0 aliphatic carbocycles. The summed E-state index contributed by atoms with van der Waals surface area (Å²) in [6, 6.07) is 11.0. The zero-order valence-electron chi connectivity index (χ0n) is 16.6. The van der Waals surface area contributed by atoms with Gasteiger partial charge in [-0.2, -0.15) is 5.10 Å². The number of benzene rings is 1. The van der Waals surface area contributed by atoms with Crippen molar-refractivity contribution in [3.63, 3.8) is 0 Å². The molecule has 150 valence electrons. The molecular weight excluding hydrogens is 368 g/mol. The van der Waals surface area contributed by atoms with E-state index in [0.29, 0.717) is 30.2 Å². The molecule has 0 spiro atoms. The molecule has 1 aromatic carbocycles. The van der Waals surface area contributed by atoms with Crippen LogP contribution in [-0.2, 0) is 0 Å². The summed E-state index contributed by atoms with van der Waals surface area (Å²) in [4.78, 5) is 26.9. The fourth-order valence-electron chi connectivity index (χ4n) is 3.53. The number of aromatic nitrogens is 2. The first kappa shape index (κ1) is 19.0. The van der Waals surface area contributed by atoms with Crippen molar-refractivity contribution in [2.75, 3.05) is 13.1 Å². The lowest BCUT2D eigenvalue weighted by molar-refractivity contribution is 0.0695. The van der Waals surface area contributed by atoms with E-state index in [-0.39, 0.29) is 17.9 Å². The topological polar surface area (TPSA) is 80.4 Å². The van der Waals surface area contributed by atoms with Crippen molar-refractivity contribution in [2.24, 2.45) is 0 Å². The van der Waals surface area contributed by atoms with Crippen LogP contribution >= 0.6 is 0 Å². The predicted molar refractivity (Wildman–Crippen MR) is 108 cm³/mol. The highest BCUT2D eigenvalue weighted by molar-refractivity contribution is 5.94. The maximum Gasteiger partial charge on any atom is 0.287 e. The number of hydrogen-bond donors (Lipinski definition) is 1. The Labute approximate surface area is 169 Å². The minimum atomic E-state index is -0.202. The first-order valence-corrected chi connectivity index (χ1v) is 9.78. The minimum Gasteiger partial charge on any atom is -0.456 e. The molecule has 1 N–H and O–H groups in total. The maximum atomic E-state index is 12.8. The molecule has 4 rings (SSSR count). The Kier molecular flexibility index (Phi) is 5.20.